The van der Waals surface area contributed by atoms with E-state index in [0.717, 1.165) is 24.1 Å². The molecular weight excluding hydrogens is 366 g/mol. The van der Waals surface area contributed by atoms with Crippen LogP contribution in [0.3, 0.4) is 0 Å². The Morgan fingerprint density at radius 2 is 2.11 bits per heavy atom. The number of nitrogens with zero attached hydrogens (tertiary/aromatic N) is 5. The number of halogens is 2. The summed E-state index contributed by atoms with van der Waals surface area (Å²) >= 11 is 0. The molecule has 0 radical (unpaired) electrons. The van der Waals surface area contributed by atoms with Crippen LogP contribution in [0.2, 0.25) is 0 Å². The fourth-order valence-electron chi connectivity index (χ4n) is 3.20. The second-order valence-electron chi connectivity index (χ2n) is 6.59. The van der Waals surface area contributed by atoms with Crippen molar-refractivity contribution in [1.82, 2.24) is 30.3 Å². The Morgan fingerprint density at radius 3 is 2.86 bits per heavy atom. The number of aryl methyl sites for hydroxylation is 1. The van der Waals surface area contributed by atoms with Crippen LogP contribution in [0.1, 0.15) is 30.3 Å². The standard InChI is InChI=1S/C18H20F2N8/c1-10-8-15(21-2)25-18(23-10)24-13-6-5-11(19)17(16(13)20)28-9-14(26-27-28)12-4-3-7-22-12/h5-6,8-9,12,22H,3-4,7H2,1-2H3,(H2,21,23,24,25)/t12-/m0/s1. The van der Waals surface area contributed by atoms with Gasteiger partial charge in [-0.05, 0) is 38.4 Å². The average Bonchev–Trinajstić information content (AvgIpc) is 3.35. The van der Waals surface area contributed by atoms with Crippen molar-refractivity contribution in [1.29, 1.82) is 0 Å². The maximum Gasteiger partial charge on any atom is 0.229 e. The van der Waals surface area contributed by atoms with Crippen molar-refractivity contribution < 1.29 is 8.78 Å². The molecule has 1 saturated heterocycles. The Labute approximate surface area is 160 Å². The van der Waals surface area contributed by atoms with Crippen LogP contribution in [-0.2, 0) is 0 Å². The number of anilines is 3. The highest BCUT2D eigenvalue weighted by Gasteiger charge is 2.22. The van der Waals surface area contributed by atoms with Gasteiger partial charge in [0.15, 0.2) is 11.6 Å². The highest BCUT2D eigenvalue weighted by molar-refractivity contribution is 5.60. The van der Waals surface area contributed by atoms with Gasteiger partial charge in [0.2, 0.25) is 5.95 Å². The minimum absolute atomic E-state index is 0.0418. The van der Waals surface area contributed by atoms with Crippen LogP contribution in [0.4, 0.5) is 26.2 Å². The molecule has 3 N–H and O–H groups in total. The molecule has 0 amide bonds. The first-order valence-corrected chi connectivity index (χ1v) is 8.99. The summed E-state index contributed by atoms with van der Waals surface area (Å²) in [4.78, 5) is 8.47. The molecule has 28 heavy (non-hydrogen) atoms. The molecule has 1 fully saturated rings. The van der Waals surface area contributed by atoms with Crippen LogP contribution >= 0.6 is 0 Å². The maximum atomic E-state index is 15.1. The van der Waals surface area contributed by atoms with E-state index >= 15 is 4.39 Å². The second kappa shape index (κ2) is 7.47. The first kappa shape index (κ1) is 18.2. The van der Waals surface area contributed by atoms with E-state index in [2.05, 4.69) is 36.2 Å². The Bertz CT molecular complexity index is 997. The highest BCUT2D eigenvalue weighted by Crippen LogP contribution is 2.28. The molecule has 0 saturated carbocycles. The lowest BCUT2D eigenvalue weighted by molar-refractivity contribution is 0.558. The largest absolute Gasteiger partial charge is 0.373 e. The number of aromatic nitrogens is 5. The zero-order chi connectivity index (χ0) is 19.7. The minimum atomic E-state index is -0.799. The molecule has 146 valence electrons. The van der Waals surface area contributed by atoms with E-state index in [1.54, 1.807) is 26.2 Å². The molecule has 0 spiro atoms. The molecule has 10 heteroatoms. The summed E-state index contributed by atoms with van der Waals surface area (Å²) < 4.78 is 30.6. The lowest BCUT2D eigenvalue weighted by Crippen LogP contribution is -2.13. The van der Waals surface area contributed by atoms with Gasteiger partial charge in [-0.2, -0.15) is 4.98 Å². The van der Waals surface area contributed by atoms with Crippen molar-refractivity contribution in [2.24, 2.45) is 0 Å². The van der Waals surface area contributed by atoms with Crippen molar-refractivity contribution in [3.8, 4) is 5.69 Å². The van der Waals surface area contributed by atoms with Gasteiger partial charge in [0.05, 0.1) is 17.9 Å². The van der Waals surface area contributed by atoms with E-state index in [1.165, 1.54) is 12.1 Å². The second-order valence-corrected chi connectivity index (χ2v) is 6.59. The average molecular weight is 386 g/mol. The van der Waals surface area contributed by atoms with Gasteiger partial charge < -0.3 is 16.0 Å². The molecule has 1 atom stereocenters. The molecule has 1 aromatic carbocycles. The number of nitrogens with one attached hydrogen (secondary N) is 3. The quantitative estimate of drug-likeness (QED) is 0.621. The first-order valence-electron chi connectivity index (χ1n) is 8.99. The van der Waals surface area contributed by atoms with Crippen LogP contribution in [-0.4, -0.2) is 38.6 Å². The topological polar surface area (TPSA) is 92.6 Å². The summed E-state index contributed by atoms with van der Waals surface area (Å²) in [6, 6.07) is 4.29. The van der Waals surface area contributed by atoms with Gasteiger partial charge in [-0.25, -0.2) is 18.4 Å². The van der Waals surface area contributed by atoms with Crippen molar-refractivity contribution >= 4 is 17.5 Å². The third kappa shape index (κ3) is 3.50. The fraction of sp³-hybridized carbons (Fsp3) is 0.333. The van der Waals surface area contributed by atoms with E-state index in [0.29, 0.717) is 17.2 Å². The summed E-state index contributed by atoms with van der Waals surface area (Å²) in [6.45, 7) is 2.69. The van der Waals surface area contributed by atoms with Crippen LogP contribution in [0.15, 0.2) is 24.4 Å². The van der Waals surface area contributed by atoms with Crippen LogP contribution < -0.4 is 16.0 Å². The smallest absolute Gasteiger partial charge is 0.229 e. The number of benzene rings is 1. The molecule has 1 aliphatic heterocycles. The van der Waals surface area contributed by atoms with E-state index in [1.807, 2.05) is 0 Å². The molecule has 2 aromatic heterocycles. The molecule has 0 unspecified atom stereocenters. The lowest BCUT2D eigenvalue weighted by atomic mass is 10.2. The van der Waals surface area contributed by atoms with E-state index in [4.69, 9.17) is 0 Å². The SMILES string of the molecule is CNc1cc(C)nc(Nc2ccc(F)c(-n3cc([C@@H]4CCCN4)nn3)c2F)n1. The Kier molecular flexibility index (Phi) is 4.86. The van der Waals surface area contributed by atoms with Gasteiger partial charge in [-0.1, -0.05) is 5.21 Å². The molecular formula is C18H20F2N8. The molecule has 3 heterocycles. The third-order valence-electron chi connectivity index (χ3n) is 4.58. The van der Waals surface area contributed by atoms with Gasteiger partial charge in [0, 0.05) is 18.8 Å². The Hall–Kier alpha value is -3.14. The van der Waals surface area contributed by atoms with Crippen LogP contribution in [0.5, 0.6) is 0 Å². The van der Waals surface area contributed by atoms with Crippen molar-refractivity contribution in [3.63, 3.8) is 0 Å². The maximum absolute atomic E-state index is 15.1. The zero-order valence-corrected chi connectivity index (χ0v) is 15.5. The normalized spacial score (nSPS) is 16.4. The fourth-order valence-corrected chi connectivity index (χ4v) is 3.20. The van der Waals surface area contributed by atoms with E-state index in [9.17, 15) is 4.39 Å². The number of hydrogen-bond donors (Lipinski definition) is 3. The van der Waals surface area contributed by atoms with Gasteiger partial charge in [0.25, 0.3) is 0 Å². The monoisotopic (exact) mass is 386 g/mol. The van der Waals surface area contributed by atoms with Crippen molar-refractivity contribution in [3.05, 3.63) is 47.4 Å². The Morgan fingerprint density at radius 1 is 1.25 bits per heavy atom. The molecule has 8 nitrogen and oxygen atoms in total. The minimum Gasteiger partial charge on any atom is -0.373 e. The van der Waals surface area contributed by atoms with Gasteiger partial charge in [-0.15, -0.1) is 5.10 Å². The predicted molar refractivity (Wildman–Crippen MR) is 101 cm³/mol. The third-order valence-corrected chi connectivity index (χ3v) is 4.58. The molecule has 0 bridgehead atoms. The summed E-state index contributed by atoms with van der Waals surface area (Å²) in [6.07, 6.45) is 3.50. The van der Waals surface area contributed by atoms with Crippen LogP contribution in [0.25, 0.3) is 5.69 Å². The lowest BCUT2D eigenvalue weighted by Gasteiger charge is -2.12. The zero-order valence-electron chi connectivity index (χ0n) is 15.5. The molecule has 3 aromatic rings. The highest BCUT2D eigenvalue weighted by atomic mass is 19.1. The molecule has 4 rings (SSSR count). The predicted octanol–water partition coefficient (Wildman–Crippen LogP) is 2.85. The molecule has 0 aliphatic carbocycles. The number of rotatable bonds is 5. The Balaban J connectivity index is 1.67. The summed E-state index contributed by atoms with van der Waals surface area (Å²) in [5, 5.41) is 17.0. The van der Waals surface area contributed by atoms with E-state index < -0.39 is 11.6 Å². The van der Waals surface area contributed by atoms with E-state index in [-0.39, 0.29) is 23.4 Å². The summed E-state index contributed by atoms with van der Waals surface area (Å²) in [5.41, 5.74) is 1.10. The van der Waals surface area contributed by atoms with Gasteiger partial charge in [0.1, 0.15) is 17.2 Å². The van der Waals surface area contributed by atoms with Crippen molar-refractivity contribution in [2.45, 2.75) is 25.8 Å². The molecule has 1 aliphatic rings. The van der Waals surface area contributed by atoms with Gasteiger partial charge >= 0.3 is 0 Å². The van der Waals surface area contributed by atoms with Crippen molar-refractivity contribution in [2.75, 3.05) is 24.2 Å². The van der Waals surface area contributed by atoms with Gasteiger partial charge in [-0.3, -0.25) is 0 Å². The van der Waals surface area contributed by atoms with Crippen LogP contribution in [0, 0.1) is 18.6 Å². The number of hydrogen-bond acceptors (Lipinski definition) is 7. The summed E-state index contributed by atoms with van der Waals surface area (Å²) in [5.74, 6) is -0.745. The summed E-state index contributed by atoms with van der Waals surface area (Å²) in [7, 11) is 1.73. The first-order chi connectivity index (χ1) is 13.5.